The number of Topliss-reactive ketones (excluding diaryl/α,β-unsaturated/α-hetero) is 1. The van der Waals surface area contributed by atoms with Gasteiger partial charge in [-0.3, -0.25) is 4.79 Å². The summed E-state index contributed by atoms with van der Waals surface area (Å²) in [5.41, 5.74) is 0.967. The molecule has 5 heteroatoms. The average Bonchev–Trinajstić information content (AvgIpc) is 2.48. The number of hydrogen-bond acceptors (Lipinski definition) is 3. The number of nitrogens with one attached hydrogen (secondary N) is 1. The molecule has 2 amide bonds. The third kappa shape index (κ3) is 3.60. The molecule has 0 unspecified atom stereocenters. The number of amides is 2. The Kier molecular flexibility index (Phi) is 4.27. The summed E-state index contributed by atoms with van der Waals surface area (Å²) in [6.45, 7) is 4.61. The van der Waals surface area contributed by atoms with E-state index in [1.54, 1.807) is 29.2 Å². The predicted molar refractivity (Wildman–Crippen MR) is 80.0 cm³/mol. The summed E-state index contributed by atoms with van der Waals surface area (Å²) in [5, 5.41) is 11.9. The quantitative estimate of drug-likeness (QED) is 0.849. The molecule has 1 aliphatic heterocycles. The van der Waals surface area contributed by atoms with Crippen LogP contribution in [-0.4, -0.2) is 29.8 Å². The normalized spacial score (nSPS) is 16.9. The summed E-state index contributed by atoms with van der Waals surface area (Å²) in [6, 6.07) is 8.99. The van der Waals surface area contributed by atoms with Crippen molar-refractivity contribution in [2.45, 2.75) is 26.7 Å². The lowest BCUT2D eigenvalue weighted by Gasteiger charge is -2.34. The lowest BCUT2D eigenvalue weighted by molar-refractivity contribution is 0.101. The van der Waals surface area contributed by atoms with Crippen molar-refractivity contribution in [3.05, 3.63) is 29.8 Å². The van der Waals surface area contributed by atoms with Crippen molar-refractivity contribution < 1.29 is 9.59 Å². The SMILES string of the molecule is CC(=O)c1ccc(NC(=O)N2CCC(C)(C#N)CC2)cc1. The van der Waals surface area contributed by atoms with Crippen LogP contribution in [0.2, 0.25) is 0 Å². The molecule has 1 heterocycles. The van der Waals surface area contributed by atoms with Crippen molar-refractivity contribution in [1.82, 2.24) is 4.90 Å². The van der Waals surface area contributed by atoms with Crippen LogP contribution >= 0.6 is 0 Å². The van der Waals surface area contributed by atoms with E-state index in [0.29, 0.717) is 37.2 Å². The summed E-state index contributed by atoms with van der Waals surface area (Å²) < 4.78 is 0. The van der Waals surface area contributed by atoms with Gasteiger partial charge in [0.15, 0.2) is 5.78 Å². The molecule has 0 bridgehead atoms. The molecule has 0 aromatic heterocycles. The van der Waals surface area contributed by atoms with Gasteiger partial charge in [0.2, 0.25) is 0 Å². The molecule has 0 aliphatic carbocycles. The fraction of sp³-hybridized carbons (Fsp3) is 0.438. The van der Waals surface area contributed by atoms with Crippen LogP contribution in [0.15, 0.2) is 24.3 Å². The first kappa shape index (κ1) is 15.0. The van der Waals surface area contributed by atoms with Gasteiger partial charge >= 0.3 is 6.03 Å². The number of nitriles is 1. The maximum Gasteiger partial charge on any atom is 0.321 e. The molecule has 0 radical (unpaired) electrons. The Balaban J connectivity index is 1.93. The van der Waals surface area contributed by atoms with Gasteiger partial charge in [-0.05, 0) is 51.0 Å². The van der Waals surface area contributed by atoms with Crippen molar-refractivity contribution >= 4 is 17.5 Å². The number of benzene rings is 1. The van der Waals surface area contributed by atoms with E-state index in [1.165, 1.54) is 6.92 Å². The largest absolute Gasteiger partial charge is 0.324 e. The van der Waals surface area contributed by atoms with E-state index in [0.717, 1.165) is 0 Å². The zero-order valence-corrected chi connectivity index (χ0v) is 12.3. The molecule has 1 aliphatic rings. The summed E-state index contributed by atoms with van der Waals surface area (Å²) in [5.74, 6) is -0.000281. The summed E-state index contributed by atoms with van der Waals surface area (Å²) in [6.07, 6.45) is 1.39. The van der Waals surface area contributed by atoms with E-state index in [-0.39, 0.29) is 17.2 Å². The first-order chi connectivity index (χ1) is 9.93. The molecule has 0 spiro atoms. The Bertz CT molecular complexity index is 579. The zero-order chi connectivity index (χ0) is 15.5. The van der Waals surface area contributed by atoms with E-state index in [1.807, 2.05) is 6.92 Å². The monoisotopic (exact) mass is 285 g/mol. The maximum atomic E-state index is 12.2. The number of rotatable bonds is 2. The number of carbonyl (C=O) groups is 2. The fourth-order valence-corrected chi connectivity index (χ4v) is 2.31. The van der Waals surface area contributed by atoms with Crippen LogP contribution in [0.3, 0.4) is 0 Å². The molecule has 1 fully saturated rings. The van der Waals surface area contributed by atoms with Crippen LogP contribution in [0.4, 0.5) is 10.5 Å². The molecule has 1 aromatic carbocycles. The van der Waals surface area contributed by atoms with Gasteiger partial charge in [-0.1, -0.05) is 0 Å². The second-order valence-corrected chi connectivity index (χ2v) is 5.72. The molecule has 1 saturated heterocycles. The first-order valence-corrected chi connectivity index (χ1v) is 7.02. The van der Waals surface area contributed by atoms with Crippen LogP contribution < -0.4 is 5.32 Å². The minimum Gasteiger partial charge on any atom is -0.324 e. The van der Waals surface area contributed by atoms with Gasteiger partial charge in [0.1, 0.15) is 0 Å². The van der Waals surface area contributed by atoms with Crippen LogP contribution in [0.25, 0.3) is 0 Å². The zero-order valence-electron chi connectivity index (χ0n) is 12.3. The number of urea groups is 1. The second kappa shape index (κ2) is 5.96. The highest BCUT2D eigenvalue weighted by Gasteiger charge is 2.31. The minimum atomic E-state index is -0.320. The standard InChI is InChI=1S/C16H19N3O2/c1-12(20)13-3-5-14(6-4-13)18-15(21)19-9-7-16(2,11-17)8-10-19/h3-6H,7-10H2,1-2H3,(H,18,21). The third-order valence-electron chi connectivity index (χ3n) is 3.97. The number of likely N-dealkylation sites (tertiary alicyclic amines) is 1. The highest BCUT2D eigenvalue weighted by molar-refractivity contribution is 5.95. The number of hydrogen-bond donors (Lipinski definition) is 1. The summed E-state index contributed by atoms with van der Waals surface area (Å²) in [7, 11) is 0. The lowest BCUT2D eigenvalue weighted by atomic mass is 9.82. The number of anilines is 1. The van der Waals surface area contributed by atoms with E-state index in [4.69, 9.17) is 5.26 Å². The Morgan fingerprint density at radius 1 is 1.24 bits per heavy atom. The van der Waals surface area contributed by atoms with Crippen molar-refractivity contribution in [2.24, 2.45) is 5.41 Å². The van der Waals surface area contributed by atoms with E-state index in [2.05, 4.69) is 11.4 Å². The Hall–Kier alpha value is -2.35. The molecule has 21 heavy (non-hydrogen) atoms. The minimum absolute atomic E-state index is 0.000281. The smallest absolute Gasteiger partial charge is 0.321 e. The van der Waals surface area contributed by atoms with Crippen LogP contribution in [-0.2, 0) is 0 Å². The third-order valence-corrected chi connectivity index (χ3v) is 3.97. The van der Waals surface area contributed by atoms with Gasteiger partial charge in [-0.25, -0.2) is 4.79 Å². The highest BCUT2D eigenvalue weighted by atomic mass is 16.2. The van der Waals surface area contributed by atoms with E-state index in [9.17, 15) is 9.59 Å². The van der Waals surface area contributed by atoms with Crippen molar-refractivity contribution in [3.63, 3.8) is 0 Å². The molecule has 110 valence electrons. The average molecular weight is 285 g/mol. The topological polar surface area (TPSA) is 73.2 Å². The molecule has 1 N–H and O–H groups in total. The Labute approximate surface area is 124 Å². The van der Waals surface area contributed by atoms with Crippen molar-refractivity contribution in [2.75, 3.05) is 18.4 Å². The second-order valence-electron chi connectivity index (χ2n) is 5.72. The molecule has 5 nitrogen and oxygen atoms in total. The Morgan fingerprint density at radius 3 is 2.29 bits per heavy atom. The van der Waals surface area contributed by atoms with Crippen LogP contribution in [0, 0.1) is 16.7 Å². The molecule has 0 saturated carbocycles. The maximum absolute atomic E-state index is 12.2. The van der Waals surface area contributed by atoms with Crippen LogP contribution in [0.5, 0.6) is 0 Å². The first-order valence-electron chi connectivity index (χ1n) is 7.02. The van der Waals surface area contributed by atoms with Gasteiger partial charge in [0.25, 0.3) is 0 Å². The van der Waals surface area contributed by atoms with Crippen LogP contribution in [0.1, 0.15) is 37.0 Å². The number of ketones is 1. The fourth-order valence-electron chi connectivity index (χ4n) is 2.31. The van der Waals surface area contributed by atoms with Gasteiger partial charge in [0, 0.05) is 24.3 Å². The number of piperidine rings is 1. The molecule has 2 rings (SSSR count). The van der Waals surface area contributed by atoms with Gasteiger partial charge in [0.05, 0.1) is 11.5 Å². The summed E-state index contributed by atoms with van der Waals surface area (Å²) >= 11 is 0. The van der Waals surface area contributed by atoms with Gasteiger partial charge < -0.3 is 10.2 Å². The Morgan fingerprint density at radius 2 is 1.81 bits per heavy atom. The van der Waals surface area contributed by atoms with Crippen molar-refractivity contribution in [1.29, 1.82) is 5.26 Å². The van der Waals surface area contributed by atoms with Crippen molar-refractivity contribution in [3.8, 4) is 6.07 Å². The molecule has 1 aromatic rings. The predicted octanol–water partition coefficient (Wildman–Crippen LogP) is 3.05. The molecular formula is C16H19N3O2. The van der Waals surface area contributed by atoms with E-state index < -0.39 is 0 Å². The number of carbonyl (C=O) groups excluding carboxylic acids is 2. The van der Waals surface area contributed by atoms with Gasteiger partial charge in [-0.2, -0.15) is 5.26 Å². The number of nitrogens with zero attached hydrogens (tertiary/aromatic N) is 2. The highest BCUT2D eigenvalue weighted by Crippen LogP contribution is 2.29. The summed E-state index contributed by atoms with van der Waals surface area (Å²) in [4.78, 5) is 25.1. The van der Waals surface area contributed by atoms with Gasteiger partial charge in [-0.15, -0.1) is 0 Å². The molecule has 0 atom stereocenters. The molecular weight excluding hydrogens is 266 g/mol. The van der Waals surface area contributed by atoms with E-state index >= 15 is 0 Å². The lowest BCUT2D eigenvalue weighted by Crippen LogP contribution is -2.43.